The number of benzene rings is 1. The van der Waals surface area contributed by atoms with E-state index >= 15 is 0 Å². The van der Waals surface area contributed by atoms with Gasteiger partial charge in [0.2, 0.25) is 10.0 Å². The lowest BCUT2D eigenvalue weighted by Gasteiger charge is -2.22. The molecule has 21 heavy (non-hydrogen) atoms. The van der Waals surface area contributed by atoms with Crippen molar-refractivity contribution >= 4 is 25.5 Å². The first-order chi connectivity index (χ1) is 9.71. The maximum absolute atomic E-state index is 12.2. The van der Waals surface area contributed by atoms with Crippen LogP contribution < -0.4 is 4.72 Å². The van der Waals surface area contributed by atoms with Gasteiger partial charge in [0, 0.05) is 12.1 Å². The van der Waals surface area contributed by atoms with Gasteiger partial charge in [-0.1, -0.05) is 12.1 Å². The van der Waals surface area contributed by atoms with E-state index in [0.29, 0.717) is 12.8 Å². The van der Waals surface area contributed by atoms with Gasteiger partial charge < -0.3 is 0 Å². The van der Waals surface area contributed by atoms with Crippen molar-refractivity contribution in [1.29, 1.82) is 0 Å². The second-order valence-electron chi connectivity index (χ2n) is 4.80. The molecule has 1 heterocycles. The summed E-state index contributed by atoms with van der Waals surface area (Å²) < 4.78 is 49.7. The van der Waals surface area contributed by atoms with Gasteiger partial charge in [-0.25, -0.2) is 21.6 Å². The number of nitro groups is 1. The number of para-hydroxylation sites is 1. The molecule has 1 aliphatic rings. The number of nitrogens with zero attached hydrogens (tertiary/aromatic N) is 1. The standard InChI is InChI=1S/C11H14N2O6S2/c14-13(15)10-5-1-2-6-11(10)21(18,19)12-9-4-3-7-20(16,17)8-9/h1-2,5-6,9,12H,3-4,7-8H2/t9-/m0/s1. The van der Waals surface area contributed by atoms with Crippen LogP contribution in [-0.4, -0.2) is 39.3 Å². The van der Waals surface area contributed by atoms with E-state index in [0.717, 1.165) is 12.1 Å². The summed E-state index contributed by atoms with van der Waals surface area (Å²) in [6.07, 6.45) is 0.755. The summed E-state index contributed by atoms with van der Waals surface area (Å²) in [5.41, 5.74) is -0.538. The highest BCUT2D eigenvalue weighted by Gasteiger charge is 2.31. The topological polar surface area (TPSA) is 123 Å². The molecule has 0 saturated carbocycles. The minimum absolute atomic E-state index is 0.0384. The predicted molar refractivity (Wildman–Crippen MR) is 75.1 cm³/mol. The molecule has 0 aromatic heterocycles. The summed E-state index contributed by atoms with van der Waals surface area (Å²) in [5.74, 6) is -0.246. The first-order valence-electron chi connectivity index (χ1n) is 6.17. The Kier molecular flexibility index (Phi) is 4.30. The number of sulfone groups is 1. The van der Waals surface area contributed by atoms with E-state index in [1.54, 1.807) is 0 Å². The molecule has 1 fully saturated rings. The zero-order valence-electron chi connectivity index (χ0n) is 10.9. The van der Waals surface area contributed by atoms with E-state index in [-0.39, 0.29) is 11.5 Å². The molecule has 0 bridgehead atoms. The normalized spacial score (nSPS) is 21.8. The summed E-state index contributed by atoms with van der Waals surface area (Å²) in [7, 11) is -7.42. The number of nitro benzene ring substituents is 1. The first kappa shape index (κ1) is 15.9. The van der Waals surface area contributed by atoms with E-state index in [1.165, 1.54) is 12.1 Å². The molecule has 0 radical (unpaired) electrons. The summed E-state index contributed by atoms with van der Waals surface area (Å²) in [5, 5.41) is 10.9. The van der Waals surface area contributed by atoms with Crippen LogP contribution in [0.15, 0.2) is 29.2 Å². The Hall–Kier alpha value is -1.52. The second-order valence-corrected chi connectivity index (χ2v) is 8.71. The van der Waals surface area contributed by atoms with Crippen LogP contribution in [0.4, 0.5) is 5.69 Å². The lowest BCUT2D eigenvalue weighted by Crippen LogP contribution is -2.43. The van der Waals surface area contributed by atoms with Crippen molar-refractivity contribution in [3.63, 3.8) is 0 Å². The Labute approximate surface area is 122 Å². The van der Waals surface area contributed by atoms with Crippen LogP contribution in [0.5, 0.6) is 0 Å². The van der Waals surface area contributed by atoms with Crippen molar-refractivity contribution in [1.82, 2.24) is 4.72 Å². The van der Waals surface area contributed by atoms with Crippen LogP contribution in [-0.2, 0) is 19.9 Å². The fourth-order valence-electron chi connectivity index (χ4n) is 2.23. The molecule has 0 spiro atoms. The molecule has 0 aliphatic carbocycles. The van der Waals surface area contributed by atoms with E-state index in [4.69, 9.17) is 0 Å². The Morgan fingerprint density at radius 2 is 1.95 bits per heavy atom. The Bertz CT molecular complexity index is 757. The molecule has 8 nitrogen and oxygen atoms in total. The molecule has 1 aromatic rings. The molecule has 0 unspecified atom stereocenters. The van der Waals surface area contributed by atoms with Crippen molar-refractivity contribution in [2.75, 3.05) is 11.5 Å². The van der Waals surface area contributed by atoms with Gasteiger partial charge in [-0.3, -0.25) is 10.1 Å². The maximum atomic E-state index is 12.2. The third-order valence-corrected chi connectivity index (χ3v) is 6.53. The molecule has 1 aliphatic heterocycles. The number of nitrogens with one attached hydrogen (secondary N) is 1. The van der Waals surface area contributed by atoms with Gasteiger partial charge in [0.05, 0.1) is 16.4 Å². The fourth-order valence-corrected chi connectivity index (χ4v) is 5.42. The highest BCUT2D eigenvalue weighted by molar-refractivity contribution is 7.91. The van der Waals surface area contributed by atoms with Crippen molar-refractivity contribution in [3.05, 3.63) is 34.4 Å². The summed E-state index contributed by atoms with van der Waals surface area (Å²) >= 11 is 0. The van der Waals surface area contributed by atoms with E-state index in [9.17, 15) is 26.9 Å². The monoisotopic (exact) mass is 334 g/mol. The molecular weight excluding hydrogens is 320 g/mol. The van der Waals surface area contributed by atoms with Gasteiger partial charge in [-0.2, -0.15) is 0 Å². The lowest BCUT2D eigenvalue weighted by molar-refractivity contribution is -0.387. The van der Waals surface area contributed by atoms with Crippen LogP contribution in [0.25, 0.3) is 0 Å². The summed E-state index contributed by atoms with van der Waals surface area (Å²) in [6, 6.07) is 4.19. The Balaban J connectivity index is 2.29. The molecule has 1 N–H and O–H groups in total. The smallest absolute Gasteiger partial charge is 0.258 e. The molecule has 10 heteroatoms. The SMILES string of the molecule is O=[N+]([O-])c1ccccc1S(=O)(=O)N[C@H]1CCCS(=O)(=O)C1. The molecular formula is C11H14N2O6S2. The second kappa shape index (κ2) is 5.70. The van der Waals surface area contributed by atoms with Gasteiger partial charge in [0.15, 0.2) is 14.7 Å². The number of rotatable bonds is 4. The molecule has 116 valence electrons. The van der Waals surface area contributed by atoms with Gasteiger partial charge in [0.1, 0.15) is 0 Å². The van der Waals surface area contributed by atoms with E-state index in [2.05, 4.69) is 4.72 Å². The summed E-state index contributed by atoms with van der Waals surface area (Å²) in [6.45, 7) is 0. The predicted octanol–water partition coefficient (Wildman–Crippen LogP) is 0.450. The molecule has 1 saturated heterocycles. The van der Waals surface area contributed by atoms with Crippen LogP contribution in [0.2, 0.25) is 0 Å². The van der Waals surface area contributed by atoms with Gasteiger partial charge >= 0.3 is 0 Å². The van der Waals surface area contributed by atoms with Gasteiger partial charge in [0.25, 0.3) is 5.69 Å². The highest BCUT2D eigenvalue weighted by Crippen LogP contribution is 2.24. The number of hydrogen-bond donors (Lipinski definition) is 1. The van der Waals surface area contributed by atoms with Crippen LogP contribution in [0, 0.1) is 10.1 Å². The van der Waals surface area contributed by atoms with E-state index < -0.39 is 41.4 Å². The number of sulfonamides is 1. The van der Waals surface area contributed by atoms with Gasteiger partial charge in [-0.05, 0) is 18.9 Å². The Morgan fingerprint density at radius 3 is 2.57 bits per heavy atom. The third kappa shape index (κ3) is 3.77. The maximum Gasteiger partial charge on any atom is 0.289 e. The average molecular weight is 334 g/mol. The lowest BCUT2D eigenvalue weighted by atomic mass is 10.2. The minimum atomic E-state index is -4.14. The minimum Gasteiger partial charge on any atom is -0.258 e. The average Bonchev–Trinajstić information content (AvgIpc) is 2.37. The summed E-state index contributed by atoms with van der Waals surface area (Å²) in [4.78, 5) is 9.64. The van der Waals surface area contributed by atoms with Crippen molar-refractivity contribution in [2.24, 2.45) is 0 Å². The van der Waals surface area contributed by atoms with Crippen LogP contribution in [0.3, 0.4) is 0 Å². The third-order valence-electron chi connectivity index (χ3n) is 3.14. The van der Waals surface area contributed by atoms with Crippen LogP contribution in [0.1, 0.15) is 12.8 Å². The van der Waals surface area contributed by atoms with E-state index in [1.807, 2.05) is 0 Å². The zero-order valence-corrected chi connectivity index (χ0v) is 12.6. The van der Waals surface area contributed by atoms with Crippen molar-refractivity contribution in [3.8, 4) is 0 Å². The number of hydrogen-bond acceptors (Lipinski definition) is 6. The zero-order chi connectivity index (χ0) is 15.7. The van der Waals surface area contributed by atoms with Crippen LogP contribution >= 0.6 is 0 Å². The largest absolute Gasteiger partial charge is 0.289 e. The molecule has 0 amide bonds. The Morgan fingerprint density at radius 1 is 1.29 bits per heavy atom. The van der Waals surface area contributed by atoms with Crippen molar-refractivity contribution < 1.29 is 21.8 Å². The van der Waals surface area contributed by atoms with Gasteiger partial charge in [-0.15, -0.1) is 0 Å². The molecule has 1 aromatic carbocycles. The first-order valence-corrected chi connectivity index (χ1v) is 9.48. The highest BCUT2D eigenvalue weighted by atomic mass is 32.2. The molecule has 1 atom stereocenters. The van der Waals surface area contributed by atoms with Crippen molar-refractivity contribution in [2.45, 2.75) is 23.8 Å². The fraction of sp³-hybridized carbons (Fsp3) is 0.455. The molecule has 2 rings (SSSR count). The quantitative estimate of drug-likeness (QED) is 0.630.